The van der Waals surface area contributed by atoms with Gasteiger partial charge in [-0.2, -0.15) is 0 Å². The van der Waals surface area contributed by atoms with E-state index in [2.05, 4.69) is 4.98 Å². The lowest BCUT2D eigenvalue weighted by molar-refractivity contribution is 0.0688. The summed E-state index contributed by atoms with van der Waals surface area (Å²) in [5, 5.41) is 0. The van der Waals surface area contributed by atoms with Gasteiger partial charge >= 0.3 is 0 Å². The minimum absolute atomic E-state index is 0.0334. The van der Waals surface area contributed by atoms with E-state index in [9.17, 15) is 4.79 Å². The largest absolute Gasteiger partial charge is 0.495 e. The van der Waals surface area contributed by atoms with Gasteiger partial charge in [0.25, 0.3) is 0 Å². The topological polar surface area (TPSA) is 48.4 Å². The lowest BCUT2D eigenvalue weighted by Crippen LogP contribution is -2.23. The van der Waals surface area contributed by atoms with Crippen LogP contribution in [0.1, 0.15) is 30.1 Å². The Bertz CT molecular complexity index is 405. The highest BCUT2D eigenvalue weighted by Gasteiger charge is 2.33. The van der Waals surface area contributed by atoms with Crippen molar-refractivity contribution in [1.29, 1.82) is 0 Å². The first-order valence-corrected chi connectivity index (χ1v) is 5.91. The highest BCUT2D eigenvalue weighted by molar-refractivity contribution is 5.98. The summed E-state index contributed by atoms with van der Waals surface area (Å²) in [5.41, 5.74) is 0.610. The summed E-state index contributed by atoms with van der Waals surface area (Å²) in [6, 6.07) is 1.74. The molecule has 0 spiro atoms. The van der Waals surface area contributed by atoms with Crippen LogP contribution in [0.5, 0.6) is 5.75 Å². The second kappa shape index (κ2) is 5.27. The fraction of sp³-hybridized carbons (Fsp3) is 0.538. The molecule has 0 bridgehead atoms. The van der Waals surface area contributed by atoms with Crippen LogP contribution in [0, 0.1) is 5.92 Å². The van der Waals surface area contributed by atoms with E-state index in [4.69, 9.17) is 9.47 Å². The van der Waals surface area contributed by atoms with E-state index in [1.54, 1.807) is 25.6 Å². The first kappa shape index (κ1) is 12.0. The summed E-state index contributed by atoms with van der Waals surface area (Å²) in [6.45, 7) is 2.71. The number of rotatable bonds is 4. The standard InChI is InChI=1S/C13H17NO3/c1-3-12-11(4-5-17-12)13(15)9-6-10(16-2)8-14-7-9/h6-8,11-12H,3-5H2,1-2H3. The lowest BCUT2D eigenvalue weighted by Gasteiger charge is -2.15. The number of hydrogen-bond acceptors (Lipinski definition) is 4. The average Bonchev–Trinajstić information content (AvgIpc) is 2.86. The zero-order valence-electron chi connectivity index (χ0n) is 10.2. The van der Waals surface area contributed by atoms with Gasteiger partial charge in [-0.1, -0.05) is 6.92 Å². The third kappa shape index (κ3) is 2.47. The van der Waals surface area contributed by atoms with Crippen LogP contribution >= 0.6 is 0 Å². The minimum atomic E-state index is -0.0334. The zero-order chi connectivity index (χ0) is 12.3. The number of nitrogens with zero attached hydrogens (tertiary/aromatic N) is 1. The van der Waals surface area contributed by atoms with Gasteiger partial charge in [-0.25, -0.2) is 0 Å². The fourth-order valence-electron chi connectivity index (χ4n) is 2.23. The van der Waals surface area contributed by atoms with Gasteiger partial charge in [0.05, 0.1) is 25.3 Å². The van der Waals surface area contributed by atoms with E-state index in [0.29, 0.717) is 17.9 Å². The molecule has 17 heavy (non-hydrogen) atoms. The number of aromatic nitrogens is 1. The maximum Gasteiger partial charge on any atom is 0.170 e. The third-order valence-corrected chi connectivity index (χ3v) is 3.18. The van der Waals surface area contributed by atoms with Gasteiger partial charge in [-0.3, -0.25) is 9.78 Å². The van der Waals surface area contributed by atoms with Crippen molar-refractivity contribution in [3.63, 3.8) is 0 Å². The number of ketones is 1. The first-order valence-electron chi connectivity index (χ1n) is 5.91. The van der Waals surface area contributed by atoms with Crippen LogP contribution in [0.3, 0.4) is 0 Å². The Balaban J connectivity index is 2.18. The molecule has 0 aromatic carbocycles. The van der Waals surface area contributed by atoms with Crippen LogP contribution < -0.4 is 4.74 Å². The van der Waals surface area contributed by atoms with Crippen LogP contribution in [0.4, 0.5) is 0 Å². The van der Waals surface area contributed by atoms with E-state index < -0.39 is 0 Å². The third-order valence-electron chi connectivity index (χ3n) is 3.18. The molecule has 0 amide bonds. The van der Waals surface area contributed by atoms with Crippen molar-refractivity contribution in [3.8, 4) is 5.75 Å². The van der Waals surface area contributed by atoms with Gasteiger partial charge in [-0.05, 0) is 18.9 Å². The smallest absolute Gasteiger partial charge is 0.170 e. The number of ether oxygens (including phenoxy) is 2. The maximum absolute atomic E-state index is 12.3. The van der Waals surface area contributed by atoms with Gasteiger partial charge in [0.15, 0.2) is 5.78 Å². The molecule has 2 rings (SSSR count). The van der Waals surface area contributed by atoms with E-state index in [1.165, 1.54) is 0 Å². The summed E-state index contributed by atoms with van der Waals surface area (Å²) >= 11 is 0. The number of carbonyl (C=O) groups is 1. The number of carbonyl (C=O) groups excluding carboxylic acids is 1. The monoisotopic (exact) mass is 235 g/mol. The average molecular weight is 235 g/mol. The molecule has 1 aliphatic heterocycles. The van der Waals surface area contributed by atoms with Crippen molar-refractivity contribution < 1.29 is 14.3 Å². The summed E-state index contributed by atoms with van der Waals surface area (Å²) in [4.78, 5) is 16.3. The number of Topliss-reactive ketones (excluding diaryl/α,β-unsaturated/α-hetero) is 1. The van der Waals surface area contributed by atoms with E-state index in [0.717, 1.165) is 12.8 Å². The normalized spacial score (nSPS) is 23.6. The molecule has 0 radical (unpaired) electrons. The number of methoxy groups -OCH3 is 1. The minimum Gasteiger partial charge on any atom is -0.495 e. The van der Waals surface area contributed by atoms with Crippen LogP contribution in [-0.4, -0.2) is 30.6 Å². The number of hydrogen-bond donors (Lipinski definition) is 0. The maximum atomic E-state index is 12.3. The summed E-state index contributed by atoms with van der Waals surface area (Å²) in [7, 11) is 1.57. The molecule has 4 nitrogen and oxygen atoms in total. The molecule has 4 heteroatoms. The molecule has 92 valence electrons. The van der Waals surface area contributed by atoms with Crippen LogP contribution in [0.25, 0.3) is 0 Å². The molecule has 1 aromatic heterocycles. The first-order chi connectivity index (χ1) is 8.26. The molecular weight excluding hydrogens is 218 g/mol. The Kier molecular flexibility index (Phi) is 3.74. The molecule has 0 saturated carbocycles. The Morgan fingerprint density at radius 2 is 2.41 bits per heavy atom. The summed E-state index contributed by atoms with van der Waals surface area (Å²) in [6.07, 6.45) is 4.91. The lowest BCUT2D eigenvalue weighted by atomic mass is 9.91. The molecule has 0 N–H and O–H groups in total. The predicted molar refractivity (Wildman–Crippen MR) is 63.3 cm³/mol. The Labute approximate surface area is 101 Å². The molecule has 2 unspecified atom stereocenters. The van der Waals surface area contributed by atoms with Crippen molar-refractivity contribution in [2.24, 2.45) is 5.92 Å². The van der Waals surface area contributed by atoms with E-state index in [-0.39, 0.29) is 17.8 Å². The number of pyridine rings is 1. The van der Waals surface area contributed by atoms with Gasteiger partial charge in [-0.15, -0.1) is 0 Å². The summed E-state index contributed by atoms with van der Waals surface area (Å²) < 4.78 is 10.6. The highest BCUT2D eigenvalue weighted by atomic mass is 16.5. The van der Waals surface area contributed by atoms with E-state index >= 15 is 0 Å². The molecular formula is C13H17NO3. The molecule has 1 fully saturated rings. The van der Waals surface area contributed by atoms with Crippen molar-refractivity contribution >= 4 is 5.78 Å². The molecule has 1 aliphatic rings. The molecule has 2 atom stereocenters. The molecule has 2 heterocycles. The fourth-order valence-corrected chi connectivity index (χ4v) is 2.23. The van der Waals surface area contributed by atoms with Crippen LogP contribution in [-0.2, 0) is 4.74 Å². The molecule has 1 saturated heterocycles. The molecule has 1 aromatic rings. The second-order valence-corrected chi connectivity index (χ2v) is 4.19. The molecule has 0 aliphatic carbocycles. The zero-order valence-corrected chi connectivity index (χ0v) is 10.2. The Morgan fingerprint density at radius 3 is 3.12 bits per heavy atom. The van der Waals surface area contributed by atoms with Crippen molar-refractivity contribution in [2.45, 2.75) is 25.9 Å². The van der Waals surface area contributed by atoms with Crippen molar-refractivity contribution in [3.05, 3.63) is 24.0 Å². The van der Waals surface area contributed by atoms with Crippen molar-refractivity contribution in [1.82, 2.24) is 4.98 Å². The van der Waals surface area contributed by atoms with Gasteiger partial charge in [0, 0.05) is 18.4 Å². The predicted octanol–water partition coefficient (Wildman–Crippen LogP) is 2.09. The van der Waals surface area contributed by atoms with Gasteiger partial charge in [0.1, 0.15) is 5.75 Å². The quantitative estimate of drug-likeness (QED) is 0.750. The van der Waals surface area contributed by atoms with Crippen LogP contribution in [0.2, 0.25) is 0 Å². The highest BCUT2D eigenvalue weighted by Crippen LogP contribution is 2.27. The Morgan fingerprint density at radius 1 is 1.59 bits per heavy atom. The van der Waals surface area contributed by atoms with E-state index in [1.807, 2.05) is 6.92 Å². The second-order valence-electron chi connectivity index (χ2n) is 4.19. The van der Waals surface area contributed by atoms with Crippen LogP contribution in [0.15, 0.2) is 18.5 Å². The SMILES string of the molecule is CCC1OCCC1C(=O)c1cncc(OC)c1. The summed E-state index contributed by atoms with van der Waals surface area (Å²) in [5.74, 6) is 0.692. The Hall–Kier alpha value is -1.42. The van der Waals surface area contributed by atoms with Gasteiger partial charge in [0.2, 0.25) is 0 Å². The van der Waals surface area contributed by atoms with Crippen molar-refractivity contribution in [2.75, 3.05) is 13.7 Å². The van der Waals surface area contributed by atoms with Gasteiger partial charge < -0.3 is 9.47 Å².